The minimum absolute atomic E-state index is 0. The Kier molecular flexibility index (Phi) is 5.92. The second-order valence-electron chi connectivity index (χ2n) is 6.88. The summed E-state index contributed by atoms with van der Waals surface area (Å²) in [5, 5.41) is 1.66. The van der Waals surface area contributed by atoms with Gasteiger partial charge in [-0.05, 0) is 18.2 Å². The van der Waals surface area contributed by atoms with Gasteiger partial charge in [0.15, 0.2) is 0 Å². The summed E-state index contributed by atoms with van der Waals surface area (Å²) in [6, 6.07) is 10.7. The molecule has 2 unspecified atom stereocenters. The number of rotatable bonds is 0. The Labute approximate surface area is 172 Å². The second kappa shape index (κ2) is 7.11. The molecule has 6 rings (SSSR count). The van der Waals surface area contributed by atoms with E-state index in [1.807, 2.05) is 6.26 Å². The molecule has 0 saturated heterocycles. The molecular formula is C19H19Cl2OSiZr. The van der Waals surface area contributed by atoms with E-state index in [9.17, 15) is 0 Å². The molecule has 0 fully saturated rings. The van der Waals surface area contributed by atoms with Crippen LogP contribution in [0.25, 0.3) is 11.3 Å². The van der Waals surface area contributed by atoms with Crippen molar-refractivity contribution >= 4 is 19.3 Å². The zero-order valence-electron chi connectivity index (χ0n) is 13.9. The quantitative estimate of drug-likeness (QED) is 0.479. The van der Waals surface area contributed by atoms with E-state index < -0.39 is 8.07 Å². The van der Waals surface area contributed by atoms with Crippen molar-refractivity contribution in [2.45, 2.75) is 29.2 Å². The van der Waals surface area contributed by atoms with E-state index in [2.05, 4.69) is 62.5 Å². The van der Waals surface area contributed by atoms with Crippen LogP contribution in [0.3, 0.4) is 0 Å². The van der Waals surface area contributed by atoms with Gasteiger partial charge < -0.3 is 29.2 Å². The molecule has 0 saturated carbocycles. The number of hydrogen-bond acceptors (Lipinski definition) is 1. The normalized spacial score (nSPS) is 23.2. The van der Waals surface area contributed by atoms with E-state index in [1.54, 1.807) is 35.5 Å². The molecule has 2 aliphatic carbocycles. The molecule has 4 aliphatic rings. The van der Waals surface area contributed by atoms with Crippen LogP contribution in [0.1, 0.15) is 38.5 Å². The van der Waals surface area contributed by atoms with Crippen molar-refractivity contribution < 1.29 is 54.0 Å². The van der Waals surface area contributed by atoms with E-state index in [0.29, 0.717) is 9.17 Å². The summed E-state index contributed by atoms with van der Waals surface area (Å²) in [7, 11) is -1.08. The molecule has 2 bridgehead atoms. The number of fused-ring (bicyclic) bond motifs is 1. The molecular weight excluding hydrogens is 434 g/mol. The van der Waals surface area contributed by atoms with Gasteiger partial charge >= 0.3 is 75.9 Å². The van der Waals surface area contributed by atoms with Gasteiger partial charge in [0, 0.05) is 11.1 Å². The molecule has 2 aliphatic heterocycles. The average Bonchev–Trinajstić information content (AvgIpc) is 3.18. The fourth-order valence-corrected chi connectivity index (χ4v) is 9.46. The predicted molar refractivity (Wildman–Crippen MR) is 89.7 cm³/mol. The molecule has 123 valence electrons. The number of halogens is 2. The van der Waals surface area contributed by atoms with Crippen LogP contribution in [0.4, 0.5) is 0 Å². The summed E-state index contributed by atoms with van der Waals surface area (Å²) >= 11 is 1.59. The number of hydrogen-bond donors (Lipinski definition) is 0. The Morgan fingerprint density at radius 3 is 2.42 bits per heavy atom. The molecule has 0 spiro atoms. The van der Waals surface area contributed by atoms with Gasteiger partial charge in [-0.1, -0.05) is 18.7 Å². The van der Waals surface area contributed by atoms with Gasteiger partial charge in [0.05, 0.1) is 14.3 Å². The Hall–Kier alpha value is -0.340. The van der Waals surface area contributed by atoms with Crippen molar-refractivity contribution in [3.8, 4) is 0 Å². The molecule has 0 amide bonds. The Morgan fingerprint density at radius 2 is 1.79 bits per heavy atom. The van der Waals surface area contributed by atoms with Gasteiger partial charge in [0.1, 0.15) is 5.76 Å². The van der Waals surface area contributed by atoms with Gasteiger partial charge in [-0.3, -0.25) is 0 Å². The molecule has 1 aromatic heterocycles. The van der Waals surface area contributed by atoms with Crippen LogP contribution in [0.2, 0.25) is 13.1 Å². The van der Waals surface area contributed by atoms with E-state index in [4.69, 9.17) is 4.42 Å². The molecule has 5 heteroatoms. The molecule has 3 heterocycles. The van der Waals surface area contributed by atoms with E-state index >= 15 is 0 Å². The van der Waals surface area contributed by atoms with Crippen LogP contribution in [-0.4, -0.2) is 8.07 Å². The Morgan fingerprint density at radius 1 is 1.08 bits per heavy atom. The summed E-state index contributed by atoms with van der Waals surface area (Å²) in [6.45, 7) is 7.14. The van der Waals surface area contributed by atoms with Crippen LogP contribution in [0.15, 0.2) is 52.7 Å². The third-order valence-corrected chi connectivity index (χ3v) is 10.5. The minimum atomic E-state index is -1.08. The summed E-state index contributed by atoms with van der Waals surface area (Å²) in [5.41, 5.74) is 6.62. The van der Waals surface area contributed by atoms with E-state index in [0.717, 1.165) is 0 Å². The Balaban J connectivity index is 0.000000163. The van der Waals surface area contributed by atoms with Crippen LogP contribution in [-0.2, 0) is 24.7 Å². The standard InChI is InChI=1S/C10H12OSi.C9H7.2ClH.Zr/c1-6-9-7-4-5-11-8(7)10(6)12(9,2)3;1-2-5-9-7-3-6-8(9)4-1;;;/h4-5,10H,1-3H3;1-7H;2*1H;/q;;;;+2/p-2. The first-order chi connectivity index (χ1) is 10.5. The van der Waals surface area contributed by atoms with Crippen LogP contribution in [0.5, 0.6) is 0 Å². The third-order valence-electron chi connectivity index (χ3n) is 5.22. The summed E-state index contributed by atoms with van der Waals surface area (Å²) in [5.74, 6) is 1.26. The maximum atomic E-state index is 5.53. The first kappa shape index (κ1) is 20.0. The Bertz CT molecular complexity index is 822. The van der Waals surface area contributed by atoms with Gasteiger partial charge in [-0.25, -0.2) is 0 Å². The molecule has 0 N–H and O–H groups in total. The zero-order valence-corrected chi connectivity index (χ0v) is 18.9. The molecule has 24 heavy (non-hydrogen) atoms. The van der Waals surface area contributed by atoms with E-state index in [1.165, 1.54) is 22.5 Å². The summed E-state index contributed by atoms with van der Waals surface area (Å²) in [4.78, 5) is 0. The average molecular weight is 454 g/mol. The molecule has 1 aromatic carbocycles. The third kappa shape index (κ3) is 2.78. The van der Waals surface area contributed by atoms with Gasteiger partial charge in [-0.15, -0.1) is 0 Å². The first-order valence-electron chi connectivity index (χ1n) is 7.79. The fourth-order valence-electron chi connectivity index (χ4n) is 4.34. The molecule has 0 radical (unpaired) electrons. The molecule has 1 nitrogen and oxygen atoms in total. The maximum absolute atomic E-state index is 5.53. The number of benzene rings is 1. The zero-order chi connectivity index (χ0) is 15.5. The van der Waals surface area contributed by atoms with Crippen LogP contribution >= 0.6 is 0 Å². The van der Waals surface area contributed by atoms with Gasteiger partial charge in [-0.2, -0.15) is 0 Å². The number of allylic oxidation sites excluding steroid dienone is 2. The number of furan rings is 1. The van der Waals surface area contributed by atoms with Crippen molar-refractivity contribution in [3.05, 3.63) is 70.7 Å². The first-order valence-corrected chi connectivity index (χ1v) is 12.3. The van der Waals surface area contributed by atoms with Crippen molar-refractivity contribution in [1.82, 2.24) is 0 Å². The van der Waals surface area contributed by atoms with Crippen molar-refractivity contribution in [2.75, 3.05) is 0 Å². The van der Waals surface area contributed by atoms with Crippen molar-refractivity contribution in [3.63, 3.8) is 0 Å². The summed E-state index contributed by atoms with van der Waals surface area (Å²) in [6.07, 6.45) is 6.32. The summed E-state index contributed by atoms with van der Waals surface area (Å²) < 4.78 is 6.24. The fraction of sp³-hybridized carbons (Fsp3) is 0.263. The molecule has 2 aromatic rings. The SMILES string of the molecule is CC1=C2c3ccoc3C1[Si]2(C)C.[Cl-].[Cl-].[Zr+2][CH]1C=Cc2ccccc21. The van der Waals surface area contributed by atoms with Gasteiger partial charge in [0.2, 0.25) is 0 Å². The van der Waals surface area contributed by atoms with Gasteiger partial charge in [0.25, 0.3) is 0 Å². The van der Waals surface area contributed by atoms with Crippen molar-refractivity contribution in [1.29, 1.82) is 0 Å². The predicted octanol–water partition coefficient (Wildman–Crippen LogP) is -0.740. The van der Waals surface area contributed by atoms with Crippen molar-refractivity contribution in [2.24, 2.45) is 0 Å². The monoisotopic (exact) mass is 451 g/mol. The van der Waals surface area contributed by atoms with E-state index in [-0.39, 0.29) is 24.8 Å². The van der Waals surface area contributed by atoms with Crippen LogP contribution in [0, 0.1) is 0 Å². The topological polar surface area (TPSA) is 13.1 Å². The second-order valence-corrected chi connectivity index (χ2v) is 12.9. The van der Waals surface area contributed by atoms with Crippen LogP contribution < -0.4 is 24.8 Å². The molecule has 2 atom stereocenters.